The molecule has 0 amide bonds. The molecular formula is C34H39FN4O5S. The van der Waals surface area contributed by atoms with Gasteiger partial charge in [-0.05, 0) is 98.2 Å². The van der Waals surface area contributed by atoms with Crippen LogP contribution in [0.4, 0.5) is 4.39 Å². The number of fused-ring (bicyclic) bond motifs is 2. The second-order valence-corrected chi connectivity index (χ2v) is 13.7. The lowest BCUT2D eigenvalue weighted by molar-refractivity contribution is 0.225. The lowest BCUT2D eigenvalue weighted by atomic mass is 9.90. The van der Waals surface area contributed by atoms with Gasteiger partial charge in [-0.15, -0.1) is 4.40 Å². The van der Waals surface area contributed by atoms with Gasteiger partial charge in [0, 0.05) is 33.1 Å². The second-order valence-electron chi connectivity index (χ2n) is 12.0. The molecule has 0 spiro atoms. The van der Waals surface area contributed by atoms with Crippen LogP contribution < -0.4 is 9.47 Å². The first-order chi connectivity index (χ1) is 21.6. The third-order valence-corrected chi connectivity index (χ3v) is 10.1. The van der Waals surface area contributed by atoms with Crippen molar-refractivity contribution in [3.63, 3.8) is 0 Å². The SMILES string of the molecule is CCOc1cc(CN2CC[C@H]3C(Cc4nc5cc(S(=O)(=O)/N=C/N(C)C)ccc5o4)CC[C@H]32)cc(OC)c1-c1ccc(F)cc1. The van der Waals surface area contributed by atoms with E-state index in [4.69, 9.17) is 13.9 Å². The van der Waals surface area contributed by atoms with Crippen molar-refractivity contribution in [2.45, 2.75) is 50.1 Å². The van der Waals surface area contributed by atoms with Crippen LogP contribution in [0.15, 0.2) is 68.3 Å². The van der Waals surface area contributed by atoms with Crippen LogP contribution in [-0.4, -0.2) is 69.9 Å². The van der Waals surface area contributed by atoms with E-state index in [1.165, 1.54) is 30.6 Å². The third-order valence-electron chi connectivity index (χ3n) is 8.87. The number of rotatable bonds is 11. The predicted octanol–water partition coefficient (Wildman–Crippen LogP) is 6.16. The van der Waals surface area contributed by atoms with Crippen molar-refractivity contribution in [2.75, 3.05) is 34.4 Å². The smallest absolute Gasteiger partial charge is 0.283 e. The van der Waals surface area contributed by atoms with Crippen LogP contribution in [-0.2, 0) is 23.0 Å². The van der Waals surface area contributed by atoms with Crippen LogP contribution in [0.3, 0.4) is 0 Å². The van der Waals surface area contributed by atoms with Gasteiger partial charge in [-0.1, -0.05) is 12.1 Å². The van der Waals surface area contributed by atoms with E-state index in [1.54, 1.807) is 44.3 Å². The molecule has 11 heteroatoms. The van der Waals surface area contributed by atoms with Crippen molar-refractivity contribution in [2.24, 2.45) is 16.2 Å². The maximum atomic E-state index is 13.6. The minimum atomic E-state index is -3.82. The Labute approximate surface area is 263 Å². The molecule has 238 valence electrons. The highest BCUT2D eigenvalue weighted by Gasteiger charge is 2.44. The molecule has 4 aromatic rings. The predicted molar refractivity (Wildman–Crippen MR) is 172 cm³/mol. The molecule has 2 heterocycles. The standard InChI is InChI=1S/C34H39FN4O5S/c1-5-43-32-17-22(16-31(42-4)34(32)23-6-9-25(35)10-7-23)20-39-15-14-27-24(8-12-29(27)39)18-33-37-28-19-26(11-13-30(28)44-33)45(40,41)36-21-38(2)3/h6-7,9-11,13,16-17,19,21,24,27,29H,5,8,12,14-15,18,20H2,1-4H3/b36-21+/t24?,27-,29+/m0/s1. The quantitative estimate of drug-likeness (QED) is 0.143. The summed E-state index contributed by atoms with van der Waals surface area (Å²) in [6, 6.07) is 15.7. The largest absolute Gasteiger partial charge is 0.496 e. The maximum Gasteiger partial charge on any atom is 0.283 e. The number of oxazole rings is 1. The van der Waals surface area contributed by atoms with Gasteiger partial charge in [0.25, 0.3) is 10.0 Å². The van der Waals surface area contributed by atoms with Crippen molar-refractivity contribution in [1.82, 2.24) is 14.8 Å². The monoisotopic (exact) mass is 634 g/mol. The molecule has 1 aromatic heterocycles. The van der Waals surface area contributed by atoms with Gasteiger partial charge in [-0.3, -0.25) is 4.90 Å². The Hall–Kier alpha value is -3.96. The fourth-order valence-electron chi connectivity index (χ4n) is 6.88. The summed E-state index contributed by atoms with van der Waals surface area (Å²) < 4.78 is 60.5. The number of hydrogen-bond acceptors (Lipinski definition) is 7. The van der Waals surface area contributed by atoms with Crippen molar-refractivity contribution < 1.29 is 26.7 Å². The number of sulfonamides is 1. The minimum absolute atomic E-state index is 0.0927. The maximum absolute atomic E-state index is 13.6. The van der Waals surface area contributed by atoms with Gasteiger partial charge < -0.3 is 18.8 Å². The van der Waals surface area contributed by atoms with E-state index in [1.807, 2.05) is 6.92 Å². The summed E-state index contributed by atoms with van der Waals surface area (Å²) in [6.07, 6.45) is 5.28. The summed E-state index contributed by atoms with van der Waals surface area (Å²) in [5.74, 6) is 2.77. The molecule has 3 aromatic carbocycles. The van der Waals surface area contributed by atoms with E-state index < -0.39 is 10.0 Å². The van der Waals surface area contributed by atoms with Gasteiger partial charge in [0.15, 0.2) is 11.5 Å². The molecule has 1 saturated heterocycles. The molecule has 6 rings (SSSR count). The van der Waals surface area contributed by atoms with E-state index in [-0.39, 0.29) is 10.7 Å². The molecule has 2 aliphatic rings. The highest BCUT2D eigenvalue weighted by atomic mass is 32.2. The molecule has 9 nitrogen and oxygen atoms in total. The number of methoxy groups -OCH3 is 1. The average molecular weight is 635 g/mol. The van der Waals surface area contributed by atoms with Crippen molar-refractivity contribution in [3.05, 3.63) is 71.9 Å². The highest BCUT2D eigenvalue weighted by Crippen LogP contribution is 2.45. The number of likely N-dealkylation sites (tertiary alicyclic amines) is 1. The zero-order chi connectivity index (χ0) is 31.7. The van der Waals surface area contributed by atoms with Crippen LogP contribution in [0.25, 0.3) is 22.2 Å². The van der Waals surface area contributed by atoms with Crippen molar-refractivity contribution in [1.29, 1.82) is 0 Å². The Morgan fingerprint density at radius 2 is 1.87 bits per heavy atom. The lowest BCUT2D eigenvalue weighted by Gasteiger charge is -2.25. The van der Waals surface area contributed by atoms with E-state index in [0.29, 0.717) is 47.2 Å². The van der Waals surface area contributed by atoms with Gasteiger partial charge >= 0.3 is 0 Å². The summed E-state index contributed by atoms with van der Waals surface area (Å²) in [5, 5.41) is 0. The topological polar surface area (TPSA) is 97.5 Å². The number of aromatic nitrogens is 1. The van der Waals surface area contributed by atoms with E-state index >= 15 is 0 Å². The summed E-state index contributed by atoms with van der Waals surface area (Å²) >= 11 is 0. The molecule has 0 N–H and O–H groups in total. The Morgan fingerprint density at radius 3 is 2.60 bits per heavy atom. The lowest BCUT2D eigenvalue weighted by Crippen LogP contribution is -2.30. The normalized spacial score (nSPS) is 20.2. The Balaban J connectivity index is 1.16. The number of nitrogens with zero attached hydrogens (tertiary/aromatic N) is 4. The Kier molecular flexibility index (Phi) is 8.83. The molecule has 1 aliphatic carbocycles. The molecule has 1 saturated carbocycles. The fraction of sp³-hybridized carbons (Fsp3) is 0.412. The first-order valence-corrected chi connectivity index (χ1v) is 16.8. The molecule has 1 aliphatic heterocycles. The van der Waals surface area contributed by atoms with Gasteiger partial charge in [0.2, 0.25) is 0 Å². The van der Waals surface area contributed by atoms with Gasteiger partial charge in [-0.25, -0.2) is 9.37 Å². The summed E-state index contributed by atoms with van der Waals surface area (Å²) in [5.41, 5.74) is 3.89. The minimum Gasteiger partial charge on any atom is -0.496 e. The van der Waals surface area contributed by atoms with Gasteiger partial charge in [-0.2, -0.15) is 8.42 Å². The van der Waals surface area contributed by atoms with E-state index in [0.717, 1.165) is 61.2 Å². The fourth-order valence-corrected chi connectivity index (χ4v) is 7.82. The van der Waals surface area contributed by atoms with Crippen molar-refractivity contribution >= 4 is 27.5 Å². The summed E-state index contributed by atoms with van der Waals surface area (Å²) in [4.78, 5) is 8.90. The highest BCUT2D eigenvalue weighted by molar-refractivity contribution is 7.90. The molecule has 0 bridgehead atoms. The van der Waals surface area contributed by atoms with Crippen LogP contribution >= 0.6 is 0 Å². The average Bonchev–Trinajstić information content (AvgIpc) is 3.73. The number of benzene rings is 3. The molecule has 3 atom stereocenters. The Bertz CT molecular complexity index is 1810. The molecule has 1 unspecified atom stereocenters. The van der Waals surface area contributed by atoms with Crippen molar-refractivity contribution in [3.8, 4) is 22.6 Å². The van der Waals surface area contributed by atoms with Crippen LogP contribution in [0.5, 0.6) is 11.5 Å². The number of halogens is 1. The molecule has 2 fully saturated rings. The van der Waals surface area contributed by atoms with Crippen LogP contribution in [0, 0.1) is 17.7 Å². The third kappa shape index (κ3) is 6.55. The molecular weight excluding hydrogens is 595 g/mol. The van der Waals surface area contributed by atoms with Crippen LogP contribution in [0.1, 0.15) is 37.6 Å². The van der Waals surface area contributed by atoms with E-state index in [9.17, 15) is 12.8 Å². The van der Waals surface area contributed by atoms with Crippen LogP contribution in [0.2, 0.25) is 0 Å². The summed E-state index contributed by atoms with van der Waals surface area (Å²) in [7, 11) is 1.26. The van der Waals surface area contributed by atoms with E-state index in [2.05, 4.69) is 26.4 Å². The Morgan fingerprint density at radius 1 is 1.09 bits per heavy atom. The van der Waals surface area contributed by atoms with Gasteiger partial charge in [0.1, 0.15) is 29.2 Å². The number of ether oxygens (including phenoxy) is 2. The first-order valence-electron chi connectivity index (χ1n) is 15.3. The summed E-state index contributed by atoms with van der Waals surface area (Å²) in [6.45, 7) is 4.24. The first kappa shape index (κ1) is 31.0. The zero-order valence-electron chi connectivity index (χ0n) is 26.1. The second kappa shape index (κ2) is 12.8. The van der Waals surface area contributed by atoms with Gasteiger partial charge in [0.05, 0.1) is 24.2 Å². The number of hydrogen-bond donors (Lipinski definition) is 0. The molecule has 0 radical (unpaired) electrons. The molecule has 45 heavy (non-hydrogen) atoms. The zero-order valence-corrected chi connectivity index (χ0v) is 26.9.